The van der Waals surface area contributed by atoms with E-state index in [-0.39, 0.29) is 11.8 Å². The van der Waals surface area contributed by atoms with Gasteiger partial charge in [-0.3, -0.25) is 19.5 Å². The first-order valence-electron chi connectivity index (χ1n) is 8.92. The first-order chi connectivity index (χ1) is 12.6. The number of carbonyl (C=O) groups excluding carboxylic acids is 2. The molecule has 4 rings (SSSR count). The van der Waals surface area contributed by atoms with E-state index in [2.05, 4.69) is 14.9 Å². The SMILES string of the molecule is CN1CCN(Cc2cccnc2)C2(CCN(C(=O)c3ccc[nH]3)C2)C1=O. The molecule has 136 valence electrons. The Kier molecular flexibility index (Phi) is 4.24. The van der Waals surface area contributed by atoms with Gasteiger partial charge in [-0.1, -0.05) is 6.07 Å². The standard InChI is InChI=1S/C19H23N5O2/c1-22-10-11-24(13-15-4-2-7-20-12-15)19(18(22)26)6-9-23(14-19)17(25)16-5-3-8-21-16/h2-5,7-8,12,21H,6,9-11,13-14H2,1H3. The fourth-order valence-electron chi connectivity index (χ4n) is 4.05. The lowest BCUT2D eigenvalue weighted by Crippen LogP contribution is -2.65. The maximum atomic E-state index is 13.1. The maximum Gasteiger partial charge on any atom is 0.270 e. The minimum absolute atomic E-state index is 0.0470. The number of likely N-dealkylation sites (tertiary alicyclic amines) is 1. The monoisotopic (exact) mass is 353 g/mol. The van der Waals surface area contributed by atoms with Crippen LogP contribution in [-0.4, -0.2) is 75.2 Å². The van der Waals surface area contributed by atoms with Crippen LogP contribution in [0.15, 0.2) is 42.9 Å². The Labute approximate surface area is 152 Å². The van der Waals surface area contributed by atoms with Crippen LogP contribution in [0.5, 0.6) is 0 Å². The fraction of sp³-hybridized carbons (Fsp3) is 0.421. The zero-order chi connectivity index (χ0) is 18.1. The Morgan fingerprint density at radius 3 is 2.88 bits per heavy atom. The van der Waals surface area contributed by atoms with Crippen molar-refractivity contribution in [2.75, 3.05) is 33.2 Å². The van der Waals surface area contributed by atoms with Gasteiger partial charge in [0, 0.05) is 58.4 Å². The summed E-state index contributed by atoms with van der Waals surface area (Å²) in [7, 11) is 1.85. The lowest BCUT2D eigenvalue weighted by Gasteiger charge is -2.46. The predicted molar refractivity (Wildman–Crippen MR) is 96.3 cm³/mol. The molecule has 2 aliphatic rings. The second-order valence-electron chi connectivity index (χ2n) is 7.10. The van der Waals surface area contributed by atoms with E-state index in [1.54, 1.807) is 28.3 Å². The Balaban J connectivity index is 1.59. The highest BCUT2D eigenvalue weighted by Crippen LogP contribution is 2.34. The van der Waals surface area contributed by atoms with Crippen LogP contribution in [0.25, 0.3) is 0 Å². The average Bonchev–Trinajstić information content (AvgIpc) is 3.34. The molecular formula is C19H23N5O2. The normalized spacial score (nSPS) is 23.8. The van der Waals surface area contributed by atoms with Crippen molar-refractivity contribution in [3.63, 3.8) is 0 Å². The molecule has 7 nitrogen and oxygen atoms in total. The molecular weight excluding hydrogens is 330 g/mol. The summed E-state index contributed by atoms with van der Waals surface area (Å²) in [6.45, 7) is 3.17. The largest absolute Gasteiger partial charge is 0.357 e. The molecule has 0 bridgehead atoms. The number of nitrogens with one attached hydrogen (secondary N) is 1. The number of aromatic amines is 1. The van der Waals surface area contributed by atoms with E-state index < -0.39 is 5.54 Å². The van der Waals surface area contributed by atoms with E-state index in [1.165, 1.54) is 0 Å². The first-order valence-corrected chi connectivity index (χ1v) is 8.92. The lowest BCUT2D eigenvalue weighted by molar-refractivity contribution is -0.149. The van der Waals surface area contributed by atoms with E-state index in [0.29, 0.717) is 38.3 Å². The van der Waals surface area contributed by atoms with Crippen LogP contribution in [0.2, 0.25) is 0 Å². The molecule has 2 aliphatic heterocycles. The highest BCUT2D eigenvalue weighted by atomic mass is 16.2. The summed E-state index contributed by atoms with van der Waals surface area (Å²) in [5.41, 5.74) is 1.00. The van der Waals surface area contributed by atoms with E-state index in [4.69, 9.17) is 0 Å². The zero-order valence-corrected chi connectivity index (χ0v) is 14.9. The van der Waals surface area contributed by atoms with Gasteiger partial charge in [-0.05, 0) is 30.2 Å². The molecule has 0 saturated carbocycles. The van der Waals surface area contributed by atoms with Crippen LogP contribution in [0.3, 0.4) is 0 Å². The summed E-state index contributed by atoms with van der Waals surface area (Å²) in [5.74, 6) is 0.0589. The molecule has 0 aromatic carbocycles. The Bertz CT molecular complexity index is 792. The summed E-state index contributed by atoms with van der Waals surface area (Å²) >= 11 is 0. The molecule has 0 aliphatic carbocycles. The lowest BCUT2D eigenvalue weighted by atomic mass is 9.91. The van der Waals surface area contributed by atoms with Crippen molar-refractivity contribution in [1.29, 1.82) is 0 Å². The molecule has 2 aromatic heterocycles. The number of hydrogen-bond donors (Lipinski definition) is 1. The molecule has 2 fully saturated rings. The predicted octanol–water partition coefficient (Wildman–Crippen LogP) is 0.969. The van der Waals surface area contributed by atoms with Crippen LogP contribution in [-0.2, 0) is 11.3 Å². The summed E-state index contributed by atoms with van der Waals surface area (Å²) in [4.78, 5) is 38.8. The minimum Gasteiger partial charge on any atom is -0.357 e. The van der Waals surface area contributed by atoms with Gasteiger partial charge in [0.05, 0.1) is 0 Å². The van der Waals surface area contributed by atoms with Gasteiger partial charge in [-0.2, -0.15) is 0 Å². The molecule has 4 heterocycles. The van der Waals surface area contributed by atoms with Crippen LogP contribution in [0.4, 0.5) is 0 Å². The van der Waals surface area contributed by atoms with Gasteiger partial charge in [0.1, 0.15) is 11.2 Å². The number of carbonyl (C=O) groups is 2. The Hall–Kier alpha value is -2.67. The number of rotatable bonds is 3. The molecule has 1 spiro atoms. The van der Waals surface area contributed by atoms with Gasteiger partial charge < -0.3 is 14.8 Å². The van der Waals surface area contributed by atoms with Crippen LogP contribution in [0.1, 0.15) is 22.5 Å². The topological polar surface area (TPSA) is 72.5 Å². The summed E-state index contributed by atoms with van der Waals surface area (Å²) in [6.07, 6.45) is 5.99. The molecule has 1 unspecified atom stereocenters. The van der Waals surface area contributed by atoms with Crippen molar-refractivity contribution in [3.8, 4) is 0 Å². The van der Waals surface area contributed by atoms with Gasteiger partial charge in [0.25, 0.3) is 5.91 Å². The number of hydrogen-bond acceptors (Lipinski definition) is 4. The first kappa shape index (κ1) is 16.8. The van der Waals surface area contributed by atoms with Crippen molar-refractivity contribution >= 4 is 11.8 Å². The van der Waals surface area contributed by atoms with Crippen molar-refractivity contribution in [2.45, 2.75) is 18.5 Å². The van der Waals surface area contributed by atoms with Crippen molar-refractivity contribution in [1.82, 2.24) is 24.7 Å². The second kappa shape index (κ2) is 6.57. The highest BCUT2D eigenvalue weighted by molar-refractivity contribution is 5.95. The number of nitrogens with zero attached hydrogens (tertiary/aromatic N) is 4. The van der Waals surface area contributed by atoms with Crippen molar-refractivity contribution in [3.05, 3.63) is 54.1 Å². The number of amides is 2. The van der Waals surface area contributed by atoms with Gasteiger partial charge in [-0.25, -0.2) is 0 Å². The van der Waals surface area contributed by atoms with Gasteiger partial charge >= 0.3 is 0 Å². The number of piperazine rings is 1. The summed E-state index contributed by atoms with van der Waals surface area (Å²) in [5, 5.41) is 0. The van der Waals surface area contributed by atoms with Gasteiger partial charge in [0.2, 0.25) is 5.91 Å². The van der Waals surface area contributed by atoms with Crippen molar-refractivity contribution < 1.29 is 9.59 Å². The molecule has 1 N–H and O–H groups in total. The van der Waals surface area contributed by atoms with E-state index in [0.717, 1.165) is 12.1 Å². The Morgan fingerprint density at radius 1 is 1.27 bits per heavy atom. The van der Waals surface area contributed by atoms with Crippen LogP contribution < -0.4 is 0 Å². The molecule has 2 aromatic rings. The van der Waals surface area contributed by atoms with Gasteiger partial charge in [-0.15, -0.1) is 0 Å². The third kappa shape index (κ3) is 2.78. The van der Waals surface area contributed by atoms with E-state index in [1.807, 2.05) is 31.4 Å². The summed E-state index contributed by atoms with van der Waals surface area (Å²) < 4.78 is 0. The molecule has 1 atom stereocenters. The minimum atomic E-state index is -0.648. The second-order valence-corrected chi connectivity index (χ2v) is 7.10. The molecule has 26 heavy (non-hydrogen) atoms. The molecule has 2 amide bonds. The van der Waals surface area contributed by atoms with Gasteiger partial charge in [0.15, 0.2) is 0 Å². The quantitative estimate of drug-likeness (QED) is 0.892. The van der Waals surface area contributed by atoms with Crippen LogP contribution >= 0.6 is 0 Å². The molecule has 7 heteroatoms. The van der Waals surface area contributed by atoms with Crippen LogP contribution in [0, 0.1) is 0 Å². The van der Waals surface area contributed by atoms with Crippen molar-refractivity contribution in [2.24, 2.45) is 0 Å². The third-order valence-electron chi connectivity index (χ3n) is 5.51. The zero-order valence-electron chi connectivity index (χ0n) is 14.9. The molecule has 2 saturated heterocycles. The number of H-pyrrole nitrogens is 1. The Morgan fingerprint density at radius 2 is 2.15 bits per heavy atom. The molecule has 0 radical (unpaired) electrons. The smallest absolute Gasteiger partial charge is 0.270 e. The number of likely N-dealkylation sites (N-methyl/N-ethyl adjacent to an activating group) is 1. The van der Waals surface area contributed by atoms with E-state index >= 15 is 0 Å². The van der Waals surface area contributed by atoms with E-state index in [9.17, 15) is 9.59 Å². The maximum absolute atomic E-state index is 13.1. The average molecular weight is 353 g/mol. The fourth-order valence-corrected chi connectivity index (χ4v) is 4.05. The third-order valence-corrected chi connectivity index (χ3v) is 5.51. The summed E-state index contributed by atoms with van der Waals surface area (Å²) in [6, 6.07) is 7.53. The highest BCUT2D eigenvalue weighted by Gasteiger charge is 2.53. The number of pyridine rings is 1. The number of aromatic nitrogens is 2.